The molecule has 1 aromatic heterocycles. The summed E-state index contributed by atoms with van der Waals surface area (Å²) in [7, 11) is 0. The van der Waals surface area contributed by atoms with Crippen LogP contribution in [-0.4, -0.2) is 18.4 Å². The van der Waals surface area contributed by atoms with Crippen molar-refractivity contribution in [2.24, 2.45) is 0 Å². The van der Waals surface area contributed by atoms with E-state index in [1.54, 1.807) is 11.4 Å². The fourth-order valence-electron chi connectivity index (χ4n) is 1.51. The van der Waals surface area contributed by atoms with Crippen LogP contribution in [0.1, 0.15) is 10.4 Å². The Morgan fingerprint density at radius 2 is 1.91 bits per heavy atom. The van der Waals surface area contributed by atoms with Gasteiger partial charge in [-0.1, -0.05) is 0 Å². The van der Waals surface area contributed by atoms with Gasteiger partial charge in [0.2, 0.25) is 5.91 Å². The quantitative estimate of drug-likeness (QED) is 0.784. The van der Waals surface area contributed by atoms with E-state index in [9.17, 15) is 22.8 Å². The molecule has 4 nitrogen and oxygen atoms in total. The van der Waals surface area contributed by atoms with E-state index in [-0.39, 0.29) is 0 Å². The molecule has 2 N–H and O–H groups in total. The lowest BCUT2D eigenvalue weighted by atomic mass is 10.2. The number of hydrogen-bond donors (Lipinski definition) is 2. The van der Waals surface area contributed by atoms with Crippen molar-refractivity contribution in [3.8, 4) is 0 Å². The van der Waals surface area contributed by atoms with Gasteiger partial charge in [0.05, 0.1) is 21.6 Å². The molecule has 0 saturated heterocycles. The number of amides is 2. The van der Waals surface area contributed by atoms with Gasteiger partial charge in [0.1, 0.15) is 0 Å². The van der Waals surface area contributed by atoms with Gasteiger partial charge in [0.15, 0.2) is 17.5 Å². The Morgan fingerprint density at radius 3 is 2.55 bits per heavy atom. The monoisotopic (exact) mass is 392 g/mol. The molecule has 1 heterocycles. The first-order chi connectivity index (χ1) is 10.4. The summed E-state index contributed by atoms with van der Waals surface area (Å²) in [5.41, 5.74) is -0.139. The fourth-order valence-corrected chi connectivity index (χ4v) is 2.65. The van der Waals surface area contributed by atoms with Crippen LogP contribution in [0.3, 0.4) is 0 Å². The van der Waals surface area contributed by atoms with Gasteiger partial charge in [-0.3, -0.25) is 9.59 Å². The molecule has 116 valence electrons. The molecular weight excluding hydrogens is 385 g/mol. The summed E-state index contributed by atoms with van der Waals surface area (Å²) >= 11 is 4.50. The number of halogens is 4. The fraction of sp³-hybridized carbons (Fsp3) is 0.0769. The zero-order valence-corrected chi connectivity index (χ0v) is 13.2. The number of carbonyl (C=O) groups is 2. The van der Waals surface area contributed by atoms with Gasteiger partial charge >= 0.3 is 0 Å². The van der Waals surface area contributed by atoms with Gasteiger partial charge < -0.3 is 10.6 Å². The normalized spacial score (nSPS) is 10.4. The molecule has 1 aromatic carbocycles. The van der Waals surface area contributed by atoms with E-state index in [4.69, 9.17) is 0 Å². The van der Waals surface area contributed by atoms with Crippen molar-refractivity contribution in [1.29, 1.82) is 0 Å². The smallest absolute Gasteiger partial charge is 0.252 e. The highest BCUT2D eigenvalue weighted by Crippen LogP contribution is 2.21. The number of rotatable bonds is 4. The van der Waals surface area contributed by atoms with E-state index in [0.717, 1.165) is 9.85 Å². The first kappa shape index (κ1) is 16.5. The minimum absolute atomic E-state index is 0.365. The average molecular weight is 393 g/mol. The molecular formula is C13H8BrF3N2O2S. The second-order valence-corrected chi connectivity index (χ2v) is 6.38. The van der Waals surface area contributed by atoms with E-state index in [2.05, 4.69) is 21.2 Å². The third kappa shape index (κ3) is 3.86. The molecule has 2 aromatic rings. The lowest BCUT2D eigenvalue weighted by molar-refractivity contribution is -0.115. The Labute approximate surface area is 135 Å². The predicted octanol–water partition coefficient (Wildman–Crippen LogP) is 3.30. The third-order valence-electron chi connectivity index (χ3n) is 2.55. The van der Waals surface area contributed by atoms with Crippen LogP contribution in [0.25, 0.3) is 0 Å². The van der Waals surface area contributed by atoms with E-state index in [1.165, 1.54) is 11.3 Å². The topological polar surface area (TPSA) is 58.2 Å². The van der Waals surface area contributed by atoms with Gasteiger partial charge in [-0.05, 0) is 34.1 Å². The van der Waals surface area contributed by atoms with E-state index >= 15 is 0 Å². The van der Waals surface area contributed by atoms with Gasteiger partial charge in [-0.15, -0.1) is 11.3 Å². The number of anilines is 1. The largest absolute Gasteiger partial charge is 0.343 e. The summed E-state index contributed by atoms with van der Waals surface area (Å²) in [6.45, 7) is -0.440. The van der Waals surface area contributed by atoms with Crippen molar-refractivity contribution in [2.75, 3.05) is 11.9 Å². The van der Waals surface area contributed by atoms with Gasteiger partial charge in [0, 0.05) is 5.38 Å². The number of carbonyl (C=O) groups excluding carboxylic acids is 2. The summed E-state index contributed by atoms with van der Waals surface area (Å²) in [5.74, 6) is -5.78. The van der Waals surface area contributed by atoms with Crippen molar-refractivity contribution in [3.63, 3.8) is 0 Å². The molecule has 0 fully saturated rings. The number of hydrogen-bond acceptors (Lipinski definition) is 3. The highest BCUT2D eigenvalue weighted by atomic mass is 79.9. The molecule has 2 amide bonds. The maximum absolute atomic E-state index is 13.4. The van der Waals surface area contributed by atoms with Crippen LogP contribution in [0.15, 0.2) is 27.4 Å². The number of benzene rings is 1. The summed E-state index contributed by atoms with van der Waals surface area (Å²) in [6, 6.07) is 3.16. The molecule has 0 aliphatic rings. The summed E-state index contributed by atoms with van der Waals surface area (Å²) in [6.07, 6.45) is 0. The molecule has 22 heavy (non-hydrogen) atoms. The van der Waals surface area contributed by atoms with E-state index in [0.29, 0.717) is 11.6 Å². The maximum Gasteiger partial charge on any atom is 0.252 e. The SMILES string of the molecule is O=C(CNC(=O)c1csc(Br)c1)Nc1ccc(F)c(F)c1F. The minimum atomic E-state index is -1.68. The standard InChI is InChI=1S/C13H8BrF3N2O2S/c14-9-3-6(5-22-9)13(21)18-4-10(20)19-8-2-1-7(15)11(16)12(8)17/h1-3,5H,4H2,(H,18,21)(H,19,20). The van der Waals surface area contributed by atoms with Crippen LogP contribution in [0, 0.1) is 17.5 Å². The molecule has 2 rings (SSSR count). The van der Waals surface area contributed by atoms with Crippen LogP contribution in [0.2, 0.25) is 0 Å². The molecule has 9 heteroatoms. The van der Waals surface area contributed by atoms with Crippen LogP contribution < -0.4 is 10.6 Å². The summed E-state index contributed by atoms with van der Waals surface area (Å²) in [5, 5.41) is 5.96. The Kier molecular flexibility index (Phi) is 5.19. The minimum Gasteiger partial charge on any atom is -0.343 e. The van der Waals surface area contributed by atoms with Crippen molar-refractivity contribution < 1.29 is 22.8 Å². The first-order valence-electron chi connectivity index (χ1n) is 5.84. The number of thiophene rings is 1. The van der Waals surface area contributed by atoms with Gasteiger partial charge in [-0.2, -0.15) is 0 Å². The Bertz CT molecular complexity index is 736. The van der Waals surface area contributed by atoms with Crippen LogP contribution in [0.5, 0.6) is 0 Å². The van der Waals surface area contributed by atoms with Crippen molar-refractivity contribution in [1.82, 2.24) is 5.32 Å². The first-order valence-corrected chi connectivity index (χ1v) is 7.51. The average Bonchev–Trinajstić information content (AvgIpc) is 2.92. The highest BCUT2D eigenvalue weighted by Gasteiger charge is 2.16. The molecule has 0 aliphatic carbocycles. The third-order valence-corrected chi connectivity index (χ3v) is 4.05. The highest BCUT2D eigenvalue weighted by molar-refractivity contribution is 9.11. The molecule has 0 aliphatic heterocycles. The second kappa shape index (κ2) is 6.93. The van der Waals surface area contributed by atoms with E-state index in [1.807, 2.05) is 5.32 Å². The predicted molar refractivity (Wildman–Crippen MR) is 79.3 cm³/mol. The zero-order chi connectivity index (χ0) is 16.3. The molecule has 0 spiro atoms. The van der Waals surface area contributed by atoms with Crippen molar-refractivity contribution in [3.05, 3.63) is 50.4 Å². The maximum atomic E-state index is 13.4. The van der Waals surface area contributed by atoms with Crippen molar-refractivity contribution in [2.45, 2.75) is 0 Å². The van der Waals surface area contributed by atoms with Gasteiger partial charge in [0.25, 0.3) is 5.91 Å². The molecule has 0 unspecified atom stereocenters. The lowest BCUT2D eigenvalue weighted by Crippen LogP contribution is -2.32. The lowest BCUT2D eigenvalue weighted by Gasteiger charge is -2.08. The Hall–Kier alpha value is -1.87. The van der Waals surface area contributed by atoms with Crippen molar-refractivity contribution >= 4 is 44.8 Å². The Balaban J connectivity index is 1.94. The van der Waals surface area contributed by atoms with E-state index < -0.39 is 41.5 Å². The molecule has 0 bridgehead atoms. The van der Waals surface area contributed by atoms with Crippen LogP contribution in [-0.2, 0) is 4.79 Å². The summed E-state index contributed by atoms with van der Waals surface area (Å²) in [4.78, 5) is 23.3. The molecule has 0 radical (unpaired) electrons. The number of nitrogens with one attached hydrogen (secondary N) is 2. The summed E-state index contributed by atoms with van der Waals surface area (Å²) < 4.78 is 39.9. The Morgan fingerprint density at radius 1 is 1.18 bits per heavy atom. The van der Waals surface area contributed by atoms with Gasteiger partial charge in [-0.25, -0.2) is 13.2 Å². The van der Waals surface area contributed by atoms with Crippen LogP contribution in [0.4, 0.5) is 18.9 Å². The van der Waals surface area contributed by atoms with Crippen LogP contribution >= 0.6 is 27.3 Å². The molecule has 0 atom stereocenters. The second-order valence-electron chi connectivity index (χ2n) is 4.09. The molecule has 0 saturated carbocycles. The zero-order valence-electron chi connectivity index (χ0n) is 10.8.